The normalized spacial score (nSPS) is 14.9. The number of aliphatic hydroxyl groups is 1. The van der Waals surface area contributed by atoms with Crippen LogP contribution >= 0.6 is 0 Å². The van der Waals surface area contributed by atoms with Crippen molar-refractivity contribution in [3.63, 3.8) is 0 Å². The van der Waals surface area contributed by atoms with E-state index >= 15 is 0 Å². The minimum atomic E-state index is -0.133. The molecule has 2 amide bonds. The molecule has 126 valence electrons. The van der Waals surface area contributed by atoms with Crippen LogP contribution in [0.25, 0.3) is 0 Å². The van der Waals surface area contributed by atoms with Crippen molar-refractivity contribution in [3.05, 3.63) is 71.3 Å². The number of hydrogen-bond donors (Lipinski definition) is 3. The second-order valence-corrected chi connectivity index (χ2v) is 6.35. The molecule has 3 N–H and O–H groups in total. The van der Waals surface area contributed by atoms with E-state index in [1.165, 1.54) is 11.1 Å². The molecule has 3 rings (SSSR count). The first-order valence-electron chi connectivity index (χ1n) is 8.53. The van der Waals surface area contributed by atoms with Crippen molar-refractivity contribution in [2.24, 2.45) is 0 Å². The van der Waals surface area contributed by atoms with E-state index in [0.717, 1.165) is 18.4 Å². The zero-order valence-electron chi connectivity index (χ0n) is 13.7. The van der Waals surface area contributed by atoms with E-state index in [-0.39, 0.29) is 24.6 Å². The molecule has 24 heavy (non-hydrogen) atoms. The molecule has 2 aromatic rings. The third kappa shape index (κ3) is 4.15. The Kier molecular flexibility index (Phi) is 5.49. The Morgan fingerprint density at radius 3 is 2.29 bits per heavy atom. The van der Waals surface area contributed by atoms with Gasteiger partial charge in [-0.3, -0.25) is 0 Å². The molecule has 4 heteroatoms. The van der Waals surface area contributed by atoms with Gasteiger partial charge < -0.3 is 15.7 Å². The molecule has 4 nitrogen and oxygen atoms in total. The SMILES string of the molecule is O=C(NC[C@@H](CCO)c1ccccc1)NC1Cc2ccccc2C1. The predicted molar refractivity (Wildman–Crippen MR) is 95.1 cm³/mol. The number of urea groups is 1. The first-order chi connectivity index (χ1) is 11.8. The third-order valence-corrected chi connectivity index (χ3v) is 4.64. The van der Waals surface area contributed by atoms with Crippen molar-refractivity contribution in [2.45, 2.75) is 31.2 Å². The molecule has 2 aromatic carbocycles. The summed E-state index contributed by atoms with van der Waals surface area (Å²) in [7, 11) is 0. The largest absolute Gasteiger partial charge is 0.396 e. The van der Waals surface area contributed by atoms with Gasteiger partial charge in [-0.1, -0.05) is 54.6 Å². The smallest absolute Gasteiger partial charge is 0.315 e. The number of benzene rings is 2. The van der Waals surface area contributed by atoms with Crippen molar-refractivity contribution in [1.82, 2.24) is 10.6 Å². The van der Waals surface area contributed by atoms with Crippen molar-refractivity contribution in [1.29, 1.82) is 0 Å². The van der Waals surface area contributed by atoms with Gasteiger partial charge in [0.25, 0.3) is 0 Å². The van der Waals surface area contributed by atoms with Crippen molar-refractivity contribution < 1.29 is 9.90 Å². The highest BCUT2D eigenvalue weighted by Crippen LogP contribution is 2.21. The molecule has 1 aliphatic rings. The molecule has 0 aliphatic heterocycles. The Morgan fingerprint density at radius 2 is 1.67 bits per heavy atom. The minimum absolute atomic E-state index is 0.112. The van der Waals surface area contributed by atoms with Crippen LogP contribution in [-0.2, 0) is 12.8 Å². The topological polar surface area (TPSA) is 61.4 Å². The lowest BCUT2D eigenvalue weighted by molar-refractivity contribution is 0.234. The number of aliphatic hydroxyl groups excluding tert-OH is 1. The van der Waals surface area contributed by atoms with Gasteiger partial charge in [0.05, 0.1) is 0 Å². The number of nitrogens with one attached hydrogen (secondary N) is 2. The molecule has 0 heterocycles. The Labute approximate surface area is 142 Å². The maximum Gasteiger partial charge on any atom is 0.315 e. The Hall–Kier alpha value is -2.33. The van der Waals surface area contributed by atoms with E-state index in [2.05, 4.69) is 22.8 Å². The minimum Gasteiger partial charge on any atom is -0.396 e. The maximum absolute atomic E-state index is 12.2. The summed E-state index contributed by atoms with van der Waals surface area (Å²) in [6.45, 7) is 0.636. The highest BCUT2D eigenvalue weighted by atomic mass is 16.3. The van der Waals surface area contributed by atoms with Crippen LogP contribution < -0.4 is 10.6 Å². The second kappa shape index (κ2) is 7.97. The summed E-state index contributed by atoms with van der Waals surface area (Å²) < 4.78 is 0. The molecule has 0 fully saturated rings. The van der Waals surface area contributed by atoms with Gasteiger partial charge in [-0.05, 0) is 36.0 Å². The van der Waals surface area contributed by atoms with E-state index in [9.17, 15) is 9.90 Å². The molecule has 1 aliphatic carbocycles. The van der Waals surface area contributed by atoms with E-state index in [1.807, 2.05) is 42.5 Å². The summed E-state index contributed by atoms with van der Waals surface area (Å²) in [6, 6.07) is 18.4. The quantitative estimate of drug-likeness (QED) is 0.765. The van der Waals surface area contributed by atoms with Gasteiger partial charge in [0.1, 0.15) is 0 Å². The number of rotatable bonds is 6. The Morgan fingerprint density at radius 1 is 1.04 bits per heavy atom. The molecule has 0 saturated carbocycles. The summed E-state index contributed by atoms with van der Waals surface area (Å²) in [4.78, 5) is 12.2. The average molecular weight is 324 g/mol. The highest BCUT2D eigenvalue weighted by molar-refractivity contribution is 5.74. The number of carbonyl (C=O) groups excluding carboxylic acids is 1. The zero-order chi connectivity index (χ0) is 16.8. The fourth-order valence-corrected chi connectivity index (χ4v) is 3.38. The Bertz CT molecular complexity index is 647. The van der Waals surface area contributed by atoms with Crippen LogP contribution in [0.2, 0.25) is 0 Å². The fraction of sp³-hybridized carbons (Fsp3) is 0.350. The molecular weight excluding hydrogens is 300 g/mol. The molecular formula is C20H24N2O2. The Balaban J connectivity index is 1.50. The molecule has 1 atom stereocenters. The number of carbonyl (C=O) groups is 1. The summed E-state index contributed by atoms with van der Waals surface area (Å²) in [6.07, 6.45) is 2.42. The van der Waals surface area contributed by atoms with Crippen LogP contribution in [0, 0.1) is 0 Å². The number of amides is 2. The van der Waals surface area contributed by atoms with E-state index < -0.39 is 0 Å². The standard InChI is InChI=1S/C20H24N2O2/c23-11-10-18(15-6-2-1-3-7-15)14-21-20(24)22-19-12-16-8-4-5-9-17(16)13-19/h1-9,18-19,23H,10-14H2,(H2,21,22,24)/t18-/m1/s1. The predicted octanol–water partition coefficient (Wildman–Crippen LogP) is 2.62. The van der Waals surface area contributed by atoms with E-state index in [4.69, 9.17) is 0 Å². The van der Waals surface area contributed by atoms with Gasteiger partial charge >= 0.3 is 6.03 Å². The summed E-state index contributed by atoms with van der Waals surface area (Å²) >= 11 is 0. The lowest BCUT2D eigenvalue weighted by Gasteiger charge is -2.19. The van der Waals surface area contributed by atoms with Gasteiger partial charge in [-0.15, -0.1) is 0 Å². The van der Waals surface area contributed by atoms with E-state index in [0.29, 0.717) is 13.0 Å². The van der Waals surface area contributed by atoms with Gasteiger partial charge in [0.15, 0.2) is 0 Å². The van der Waals surface area contributed by atoms with Crippen molar-refractivity contribution >= 4 is 6.03 Å². The maximum atomic E-state index is 12.2. The molecule has 0 aromatic heterocycles. The molecule has 0 saturated heterocycles. The molecule has 0 radical (unpaired) electrons. The van der Waals surface area contributed by atoms with Gasteiger partial charge in [0, 0.05) is 25.1 Å². The summed E-state index contributed by atoms with van der Waals surface area (Å²) in [5.74, 6) is 0.128. The molecule has 0 unspecified atom stereocenters. The van der Waals surface area contributed by atoms with Crippen LogP contribution in [0.4, 0.5) is 4.79 Å². The summed E-state index contributed by atoms with van der Waals surface area (Å²) in [5, 5.41) is 15.3. The zero-order valence-corrected chi connectivity index (χ0v) is 13.7. The lowest BCUT2D eigenvalue weighted by atomic mass is 9.96. The van der Waals surface area contributed by atoms with Gasteiger partial charge in [0.2, 0.25) is 0 Å². The molecule has 0 bridgehead atoms. The van der Waals surface area contributed by atoms with Crippen LogP contribution in [0.15, 0.2) is 54.6 Å². The second-order valence-electron chi connectivity index (χ2n) is 6.35. The lowest BCUT2D eigenvalue weighted by Crippen LogP contribution is -2.43. The fourth-order valence-electron chi connectivity index (χ4n) is 3.38. The van der Waals surface area contributed by atoms with Gasteiger partial charge in [-0.2, -0.15) is 0 Å². The average Bonchev–Trinajstić information content (AvgIpc) is 3.01. The van der Waals surface area contributed by atoms with Gasteiger partial charge in [-0.25, -0.2) is 4.79 Å². The highest BCUT2D eigenvalue weighted by Gasteiger charge is 2.22. The van der Waals surface area contributed by atoms with Crippen LogP contribution in [0.5, 0.6) is 0 Å². The first kappa shape index (κ1) is 16.5. The van der Waals surface area contributed by atoms with Crippen molar-refractivity contribution in [2.75, 3.05) is 13.2 Å². The van der Waals surface area contributed by atoms with Crippen LogP contribution in [0.3, 0.4) is 0 Å². The van der Waals surface area contributed by atoms with E-state index in [1.54, 1.807) is 0 Å². The van der Waals surface area contributed by atoms with Crippen LogP contribution in [0.1, 0.15) is 29.0 Å². The number of hydrogen-bond acceptors (Lipinski definition) is 2. The number of fused-ring (bicyclic) bond motifs is 1. The van der Waals surface area contributed by atoms with Crippen LogP contribution in [-0.4, -0.2) is 30.3 Å². The molecule has 0 spiro atoms. The first-order valence-corrected chi connectivity index (χ1v) is 8.53. The monoisotopic (exact) mass is 324 g/mol. The third-order valence-electron chi connectivity index (χ3n) is 4.64. The van der Waals surface area contributed by atoms with Crippen molar-refractivity contribution in [3.8, 4) is 0 Å². The summed E-state index contributed by atoms with van der Waals surface area (Å²) in [5.41, 5.74) is 3.79.